The molecule has 1 fully saturated rings. The van der Waals surface area contributed by atoms with Crippen molar-refractivity contribution < 1.29 is 31.5 Å². The van der Waals surface area contributed by atoms with Gasteiger partial charge in [0.1, 0.15) is 0 Å². The highest BCUT2D eigenvalue weighted by Crippen LogP contribution is 2.51. The molecule has 10 heteroatoms. The number of carbonyl (C=O) groups excluding carboxylic acids is 1. The molecule has 3 aromatic rings. The number of ether oxygens (including phenoxy) is 1. The number of aromatic nitrogens is 1. The van der Waals surface area contributed by atoms with Crippen LogP contribution in [0, 0.1) is 25.7 Å². The average Bonchev–Trinajstić information content (AvgIpc) is 3.43. The SMILES string of the molecule is CCOC(=O)C1CC1C(O)c1c(S(C)(=O)=O)cc(C)c2c1ccn2S(=O)(=O)c1ccc(C)cc1. The zero-order valence-corrected chi connectivity index (χ0v) is 21.0. The summed E-state index contributed by atoms with van der Waals surface area (Å²) < 4.78 is 58.3. The highest BCUT2D eigenvalue weighted by atomic mass is 32.2. The Hall–Kier alpha value is -2.69. The molecule has 0 spiro atoms. The fourth-order valence-electron chi connectivity index (χ4n) is 4.43. The Morgan fingerprint density at radius 1 is 1.15 bits per heavy atom. The van der Waals surface area contributed by atoms with Gasteiger partial charge in [-0.25, -0.2) is 20.8 Å². The summed E-state index contributed by atoms with van der Waals surface area (Å²) in [6.45, 7) is 5.38. The van der Waals surface area contributed by atoms with Crippen molar-refractivity contribution >= 4 is 36.7 Å². The van der Waals surface area contributed by atoms with Gasteiger partial charge in [-0.1, -0.05) is 17.7 Å². The van der Waals surface area contributed by atoms with Gasteiger partial charge in [-0.05, 0) is 57.0 Å². The standard InChI is InChI=1S/C24H27NO7S2/c1-5-32-24(27)19-13-18(19)23(26)21-17-10-11-25(22(17)15(3)12-20(21)33(4,28)29)34(30,31)16-8-6-14(2)7-9-16/h6-12,18-19,23,26H,5,13H2,1-4H3. The maximum Gasteiger partial charge on any atom is 0.309 e. The quantitative estimate of drug-likeness (QED) is 0.490. The van der Waals surface area contributed by atoms with Gasteiger partial charge < -0.3 is 9.84 Å². The van der Waals surface area contributed by atoms with Crippen LogP contribution in [0.15, 0.2) is 52.4 Å². The minimum atomic E-state index is -3.98. The van der Waals surface area contributed by atoms with Crippen molar-refractivity contribution in [1.82, 2.24) is 3.97 Å². The molecule has 2 aromatic carbocycles. The molecule has 1 heterocycles. The zero-order chi connectivity index (χ0) is 25.0. The molecule has 0 amide bonds. The number of carbonyl (C=O) groups is 1. The van der Waals surface area contributed by atoms with Gasteiger partial charge in [0.25, 0.3) is 10.0 Å². The number of aryl methyl sites for hydroxylation is 2. The average molecular weight is 506 g/mol. The van der Waals surface area contributed by atoms with Crippen LogP contribution >= 0.6 is 0 Å². The molecule has 1 aliphatic carbocycles. The summed E-state index contributed by atoms with van der Waals surface area (Å²) in [5.74, 6) is -1.48. The van der Waals surface area contributed by atoms with Gasteiger partial charge in [-0.15, -0.1) is 0 Å². The van der Waals surface area contributed by atoms with E-state index in [-0.39, 0.29) is 27.5 Å². The first-order valence-corrected chi connectivity index (χ1v) is 14.2. The Labute approximate surface area is 199 Å². The summed E-state index contributed by atoms with van der Waals surface area (Å²) >= 11 is 0. The van der Waals surface area contributed by atoms with E-state index in [4.69, 9.17) is 4.74 Å². The fraction of sp³-hybridized carbons (Fsp3) is 0.375. The van der Waals surface area contributed by atoms with Gasteiger partial charge in [0, 0.05) is 29.3 Å². The smallest absolute Gasteiger partial charge is 0.309 e. The first kappa shape index (κ1) is 24.4. The van der Waals surface area contributed by atoms with Crippen molar-refractivity contribution in [3.05, 3.63) is 59.3 Å². The normalized spacial score (nSPS) is 19.2. The third-order valence-corrected chi connectivity index (χ3v) is 9.06. The van der Waals surface area contributed by atoms with Crippen molar-refractivity contribution in [3.63, 3.8) is 0 Å². The zero-order valence-electron chi connectivity index (χ0n) is 19.3. The summed E-state index contributed by atoms with van der Waals surface area (Å²) in [5.41, 5.74) is 1.74. The van der Waals surface area contributed by atoms with Crippen LogP contribution in [0.25, 0.3) is 10.9 Å². The van der Waals surface area contributed by atoms with E-state index in [0.717, 1.165) is 15.8 Å². The van der Waals surface area contributed by atoms with Gasteiger partial charge in [-0.3, -0.25) is 4.79 Å². The molecule has 0 aliphatic heterocycles. The van der Waals surface area contributed by atoms with E-state index < -0.39 is 43.8 Å². The third kappa shape index (κ3) is 4.14. The van der Waals surface area contributed by atoms with Gasteiger partial charge >= 0.3 is 5.97 Å². The third-order valence-electron chi connectivity index (χ3n) is 6.24. The van der Waals surface area contributed by atoms with E-state index in [0.29, 0.717) is 17.4 Å². The summed E-state index contributed by atoms with van der Waals surface area (Å²) in [4.78, 5) is 12.1. The molecule has 4 rings (SSSR count). The number of sulfone groups is 1. The lowest BCUT2D eigenvalue weighted by Gasteiger charge is -2.19. The number of fused-ring (bicyclic) bond motifs is 1. The predicted molar refractivity (Wildman–Crippen MR) is 127 cm³/mol. The molecule has 8 nitrogen and oxygen atoms in total. The summed E-state index contributed by atoms with van der Waals surface area (Å²) in [7, 11) is -7.74. The van der Waals surface area contributed by atoms with Crippen molar-refractivity contribution in [2.45, 2.75) is 43.1 Å². The van der Waals surface area contributed by atoms with Crippen LogP contribution in [-0.4, -0.2) is 44.7 Å². The predicted octanol–water partition coefficient (Wildman–Crippen LogP) is 3.13. The topological polar surface area (TPSA) is 120 Å². The van der Waals surface area contributed by atoms with Crippen LogP contribution < -0.4 is 0 Å². The number of rotatable bonds is 7. The molecule has 1 N–H and O–H groups in total. The monoisotopic (exact) mass is 505 g/mol. The summed E-state index contributed by atoms with van der Waals surface area (Å²) in [5, 5.41) is 11.5. The molecule has 182 valence electrons. The lowest BCUT2D eigenvalue weighted by Crippen LogP contribution is -2.15. The molecule has 34 heavy (non-hydrogen) atoms. The van der Waals surface area contributed by atoms with Crippen LogP contribution in [0.2, 0.25) is 0 Å². The molecule has 0 bridgehead atoms. The van der Waals surface area contributed by atoms with Gasteiger partial charge in [0.15, 0.2) is 9.84 Å². The Morgan fingerprint density at radius 2 is 1.79 bits per heavy atom. The second kappa shape index (κ2) is 8.51. The highest BCUT2D eigenvalue weighted by molar-refractivity contribution is 7.91. The number of benzene rings is 2. The van der Waals surface area contributed by atoms with Crippen molar-refractivity contribution in [1.29, 1.82) is 0 Å². The number of esters is 1. The van der Waals surface area contributed by atoms with Crippen LogP contribution in [-0.2, 0) is 29.4 Å². The molecule has 3 atom stereocenters. The van der Waals surface area contributed by atoms with E-state index in [1.165, 1.54) is 30.5 Å². The first-order valence-electron chi connectivity index (χ1n) is 10.9. The molecule has 3 unspecified atom stereocenters. The molecule has 1 aliphatic rings. The Bertz CT molecular complexity index is 1490. The van der Waals surface area contributed by atoms with Crippen molar-refractivity contribution in [2.24, 2.45) is 11.8 Å². The molecular formula is C24H27NO7S2. The Morgan fingerprint density at radius 3 is 2.38 bits per heavy atom. The first-order chi connectivity index (χ1) is 15.9. The lowest BCUT2D eigenvalue weighted by molar-refractivity contribution is -0.145. The molecule has 0 radical (unpaired) electrons. The fourth-order valence-corrected chi connectivity index (χ4v) is 6.86. The minimum Gasteiger partial charge on any atom is -0.466 e. The molecule has 1 aromatic heterocycles. The van der Waals surface area contributed by atoms with Gasteiger partial charge in [0.05, 0.1) is 33.9 Å². The van der Waals surface area contributed by atoms with E-state index in [2.05, 4.69) is 0 Å². The van der Waals surface area contributed by atoms with E-state index in [1.54, 1.807) is 26.0 Å². The number of hydrogen-bond donors (Lipinski definition) is 1. The lowest BCUT2D eigenvalue weighted by atomic mass is 9.98. The van der Waals surface area contributed by atoms with E-state index >= 15 is 0 Å². The molecule has 1 saturated carbocycles. The van der Waals surface area contributed by atoms with E-state index in [1.807, 2.05) is 6.92 Å². The second-order valence-corrected chi connectivity index (χ2v) is 12.6. The number of aliphatic hydroxyl groups excluding tert-OH is 1. The number of hydrogen-bond acceptors (Lipinski definition) is 7. The maximum atomic E-state index is 13.4. The van der Waals surface area contributed by atoms with Crippen LogP contribution in [0.4, 0.5) is 0 Å². The van der Waals surface area contributed by atoms with Gasteiger partial charge in [0.2, 0.25) is 0 Å². The minimum absolute atomic E-state index is 0.0787. The van der Waals surface area contributed by atoms with Crippen LogP contribution in [0.5, 0.6) is 0 Å². The van der Waals surface area contributed by atoms with Crippen LogP contribution in [0.3, 0.4) is 0 Å². The molecule has 0 saturated heterocycles. The molecular weight excluding hydrogens is 478 g/mol. The summed E-state index contributed by atoms with van der Waals surface area (Å²) in [6.07, 6.45) is 1.49. The summed E-state index contributed by atoms with van der Waals surface area (Å²) in [6, 6.07) is 9.32. The Balaban J connectivity index is 1.91. The Kier molecular flexibility index (Phi) is 6.12. The second-order valence-electron chi connectivity index (χ2n) is 8.77. The number of nitrogens with zero attached hydrogens (tertiary/aromatic N) is 1. The van der Waals surface area contributed by atoms with Crippen LogP contribution in [0.1, 0.15) is 36.1 Å². The van der Waals surface area contributed by atoms with Gasteiger partial charge in [-0.2, -0.15) is 0 Å². The highest BCUT2D eigenvalue weighted by Gasteiger charge is 2.50. The van der Waals surface area contributed by atoms with Crippen molar-refractivity contribution in [3.8, 4) is 0 Å². The maximum absolute atomic E-state index is 13.4. The number of aliphatic hydroxyl groups is 1. The largest absolute Gasteiger partial charge is 0.466 e. The van der Waals surface area contributed by atoms with Crippen molar-refractivity contribution in [2.75, 3.05) is 12.9 Å². The van der Waals surface area contributed by atoms with E-state index in [9.17, 15) is 26.7 Å².